The number of ketones is 2. The van der Waals surface area contributed by atoms with Gasteiger partial charge in [0.25, 0.3) is 0 Å². The molecule has 6 fully saturated rings. The van der Waals surface area contributed by atoms with Crippen LogP contribution in [0.2, 0.25) is 0 Å². The number of allylic oxidation sites excluding steroid dienone is 2. The Kier molecular flexibility index (Phi) is 6.45. The van der Waals surface area contributed by atoms with E-state index in [4.69, 9.17) is 0 Å². The van der Waals surface area contributed by atoms with Gasteiger partial charge in [-0.15, -0.1) is 0 Å². The minimum atomic E-state index is -0.854. The second-order valence-corrected chi connectivity index (χ2v) is 18.7. The fourth-order valence-electron chi connectivity index (χ4n) is 15.2. The van der Waals surface area contributed by atoms with E-state index in [-0.39, 0.29) is 39.5 Å². The molecule has 0 bridgehead atoms. The summed E-state index contributed by atoms with van der Waals surface area (Å²) >= 11 is 0. The van der Waals surface area contributed by atoms with E-state index >= 15 is 0 Å². The molecule has 44 heavy (non-hydrogen) atoms. The number of carbonyl (C=O) groups is 2. The average molecular weight is 603 g/mol. The van der Waals surface area contributed by atoms with E-state index in [0.29, 0.717) is 66.0 Å². The first-order valence-corrected chi connectivity index (χ1v) is 18.6. The molecule has 6 saturated carbocycles. The molecular formula is C40H58O4. The maximum absolute atomic E-state index is 13.6. The highest BCUT2D eigenvalue weighted by Gasteiger charge is 2.72. The summed E-state index contributed by atoms with van der Waals surface area (Å²) in [6.07, 6.45) is 16.2. The normalized spacial score (nSPS) is 58.1. The zero-order valence-electron chi connectivity index (χ0n) is 28.3. The molecule has 8 rings (SSSR count). The van der Waals surface area contributed by atoms with E-state index < -0.39 is 5.60 Å². The van der Waals surface area contributed by atoms with Gasteiger partial charge in [-0.05, 0) is 152 Å². The summed E-state index contributed by atoms with van der Waals surface area (Å²) in [5.41, 5.74) is 1.64. The van der Waals surface area contributed by atoms with Crippen LogP contribution in [0.4, 0.5) is 0 Å². The van der Waals surface area contributed by atoms with E-state index in [9.17, 15) is 19.8 Å². The molecule has 0 saturated heterocycles. The van der Waals surface area contributed by atoms with Crippen molar-refractivity contribution in [3.8, 4) is 0 Å². The van der Waals surface area contributed by atoms with Gasteiger partial charge >= 0.3 is 0 Å². The van der Waals surface area contributed by atoms with Gasteiger partial charge in [-0.2, -0.15) is 0 Å². The van der Waals surface area contributed by atoms with E-state index in [2.05, 4.69) is 41.5 Å². The molecular weight excluding hydrogens is 544 g/mol. The van der Waals surface area contributed by atoms with Crippen LogP contribution in [0.3, 0.4) is 0 Å². The van der Waals surface area contributed by atoms with Crippen LogP contribution >= 0.6 is 0 Å². The third-order valence-corrected chi connectivity index (χ3v) is 17.5. The average Bonchev–Trinajstić information content (AvgIpc) is 3.42. The van der Waals surface area contributed by atoms with Gasteiger partial charge < -0.3 is 10.2 Å². The van der Waals surface area contributed by atoms with Gasteiger partial charge in [-0.1, -0.05) is 52.7 Å². The molecule has 4 unspecified atom stereocenters. The molecule has 0 spiro atoms. The van der Waals surface area contributed by atoms with Crippen molar-refractivity contribution < 1.29 is 19.8 Å². The predicted octanol–water partition coefficient (Wildman–Crippen LogP) is 7.86. The third kappa shape index (κ3) is 3.54. The zero-order valence-corrected chi connectivity index (χ0v) is 28.3. The van der Waals surface area contributed by atoms with E-state index in [1.54, 1.807) is 0 Å². The lowest BCUT2D eigenvalue weighted by molar-refractivity contribution is -0.203. The van der Waals surface area contributed by atoms with Crippen molar-refractivity contribution in [3.63, 3.8) is 0 Å². The predicted molar refractivity (Wildman–Crippen MR) is 172 cm³/mol. The van der Waals surface area contributed by atoms with E-state index in [1.807, 2.05) is 12.2 Å². The maximum atomic E-state index is 13.6. The maximum Gasteiger partial charge on any atom is 0.156 e. The van der Waals surface area contributed by atoms with Crippen molar-refractivity contribution in [3.05, 3.63) is 23.3 Å². The summed E-state index contributed by atoms with van der Waals surface area (Å²) in [5, 5.41) is 24.6. The van der Waals surface area contributed by atoms with Gasteiger partial charge in [0, 0.05) is 18.8 Å². The largest absolute Gasteiger partial charge is 0.393 e. The summed E-state index contributed by atoms with van der Waals surface area (Å²) < 4.78 is 0. The minimum absolute atomic E-state index is 0.0109. The molecule has 0 aliphatic heterocycles. The first-order chi connectivity index (χ1) is 20.7. The fraction of sp³-hybridized carbons (Fsp3) is 0.850. The number of hydrogen-bond acceptors (Lipinski definition) is 4. The Morgan fingerprint density at radius 2 is 1.32 bits per heavy atom. The Balaban J connectivity index is 1.18. The van der Waals surface area contributed by atoms with Crippen LogP contribution in [0, 0.1) is 74.9 Å². The zero-order chi connectivity index (χ0) is 31.2. The van der Waals surface area contributed by atoms with Gasteiger partial charge in [0.15, 0.2) is 11.6 Å². The van der Waals surface area contributed by atoms with Crippen molar-refractivity contribution in [2.45, 2.75) is 137 Å². The Morgan fingerprint density at radius 3 is 2.07 bits per heavy atom. The third-order valence-electron chi connectivity index (χ3n) is 17.5. The van der Waals surface area contributed by atoms with Crippen LogP contribution in [0.25, 0.3) is 0 Å². The van der Waals surface area contributed by atoms with Crippen LogP contribution in [0.15, 0.2) is 23.3 Å². The molecule has 8 aliphatic carbocycles. The van der Waals surface area contributed by atoms with Gasteiger partial charge in [0.2, 0.25) is 0 Å². The molecule has 0 aromatic carbocycles. The second kappa shape index (κ2) is 9.42. The SMILES string of the molecule is CC1CC2=CC(=O)CC[C@]2(C)[C@@H]2CC[C@@]3(C)[C@@H](CCC3(O)C3CC(=O)C=C4CC(C)[C@H]5[C@@H]6CC[C@H](O)[C@@]6(C)CC[C@@H]5[C@]43C)[C@H]12. The molecule has 0 aromatic rings. The number of hydrogen-bond donors (Lipinski definition) is 2. The Hall–Kier alpha value is -1.26. The molecule has 4 nitrogen and oxygen atoms in total. The monoisotopic (exact) mass is 602 g/mol. The van der Waals surface area contributed by atoms with Crippen molar-refractivity contribution in [1.29, 1.82) is 0 Å². The van der Waals surface area contributed by atoms with Gasteiger partial charge in [0.05, 0.1) is 11.7 Å². The van der Waals surface area contributed by atoms with Crippen LogP contribution in [-0.4, -0.2) is 33.5 Å². The summed E-state index contributed by atoms with van der Waals surface area (Å²) in [6.45, 7) is 14.6. The van der Waals surface area contributed by atoms with Crippen LogP contribution in [0.1, 0.15) is 125 Å². The first kappa shape index (κ1) is 30.1. The molecule has 0 amide bonds. The number of aliphatic hydroxyl groups excluding tert-OH is 1. The summed E-state index contributed by atoms with van der Waals surface area (Å²) in [4.78, 5) is 26.1. The standard InChI is InChI=1S/C40H58O4/c1-22-17-24-19-26(41)9-13-36(24,3)29-11-15-38(5)30(34(22)29)12-16-40(38,44)32-21-27(42)20-25-18-23(2)35-28-7-8-33(43)37(28,4)14-10-31(35)39(25,32)6/h19-20,22-23,28-35,43-44H,7-18,21H2,1-6H3/t22?,23?,28-,29+,30-,31-,32?,33-,34+,35-,36-,37-,38-,39-,40?/m0/s1. The Morgan fingerprint density at radius 1 is 0.682 bits per heavy atom. The quantitative estimate of drug-likeness (QED) is 0.320. The molecule has 8 aliphatic rings. The number of rotatable bonds is 1. The smallest absolute Gasteiger partial charge is 0.156 e. The molecule has 15 atom stereocenters. The minimum Gasteiger partial charge on any atom is -0.393 e. The molecule has 0 aromatic heterocycles. The topological polar surface area (TPSA) is 74.6 Å². The van der Waals surface area contributed by atoms with E-state index in [0.717, 1.165) is 70.6 Å². The highest BCUT2D eigenvalue weighted by molar-refractivity contribution is 5.92. The molecule has 0 heterocycles. The van der Waals surface area contributed by atoms with Gasteiger partial charge in [-0.3, -0.25) is 9.59 Å². The summed E-state index contributed by atoms with van der Waals surface area (Å²) in [6, 6.07) is 0. The van der Waals surface area contributed by atoms with Crippen LogP contribution < -0.4 is 0 Å². The summed E-state index contributed by atoms with van der Waals surface area (Å²) in [5.74, 6) is 4.68. The number of fused-ring (bicyclic) bond motifs is 10. The highest BCUT2D eigenvalue weighted by Crippen LogP contribution is 2.74. The lowest BCUT2D eigenvalue weighted by atomic mass is 9.39. The lowest BCUT2D eigenvalue weighted by Gasteiger charge is -2.66. The van der Waals surface area contributed by atoms with Crippen LogP contribution in [-0.2, 0) is 9.59 Å². The van der Waals surface area contributed by atoms with Crippen molar-refractivity contribution in [2.75, 3.05) is 0 Å². The number of aliphatic hydroxyl groups is 2. The Bertz CT molecular complexity index is 1340. The number of carbonyl (C=O) groups excluding carboxylic acids is 2. The van der Waals surface area contributed by atoms with Crippen LogP contribution in [0.5, 0.6) is 0 Å². The van der Waals surface area contributed by atoms with E-state index in [1.165, 1.54) is 11.1 Å². The molecule has 4 heteroatoms. The van der Waals surface area contributed by atoms with Crippen molar-refractivity contribution in [1.82, 2.24) is 0 Å². The molecule has 242 valence electrons. The van der Waals surface area contributed by atoms with Gasteiger partial charge in [-0.25, -0.2) is 0 Å². The Labute approximate surface area is 265 Å². The second-order valence-electron chi connectivity index (χ2n) is 18.7. The molecule has 2 N–H and O–H groups in total. The van der Waals surface area contributed by atoms with Crippen molar-refractivity contribution >= 4 is 11.6 Å². The highest BCUT2D eigenvalue weighted by atomic mass is 16.3. The summed E-state index contributed by atoms with van der Waals surface area (Å²) in [7, 11) is 0. The molecule has 0 radical (unpaired) electrons. The fourth-order valence-corrected chi connectivity index (χ4v) is 15.2. The van der Waals surface area contributed by atoms with Crippen molar-refractivity contribution in [2.24, 2.45) is 74.9 Å². The van der Waals surface area contributed by atoms with Gasteiger partial charge in [0.1, 0.15) is 0 Å². The lowest BCUT2D eigenvalue weighted by Crippen LogP contribution is -2.65. The first-order valence-electron chi connectivity index (χ1n) is 18.6.